The van der Waals surface area contributed by atoms with Gasteiger partial charge in [0.15, 0.2) is 0 Å². The van der Waals surface area contributed by atoms with E-state index >= 15 is 0 Å². The maximum Gasteiger partial charge on any atom is 0.134 e. The van der Waals surface area contributed by atoms with E-state index < -0.39 is 0 Å². The third kappa shape index (κ3) is 0.964. The van der Waals surface area contributed by atoms with Crippen LogP contribution in [0.5, 0.6) is 5.75 Å². The van der Waals surface area contributed by atoms with Crippen LogP contribution in [0.1, 0.15) is 11.1 Å². The quantitative estimate of drug-likeness (QED) is 0.532. The fourth-order valence-corrected chi connectivity index (χ4v) is 0.775. The second kappa shape index (κ2) is 2.45. The number of para-hydroxylation sites is 1. The van der Waals surface area contributed by atoms with Crippen molar-refractivity contribution in [1.29, 1.82) is 0 Å². The van der Waals surface area contributed by atoms with Crippen LogP contribution in [0.15, 0.2) is 18.2 Å². The van der Waals surface area contributed by atoms with Crippen LogP contribution < -0.4 is 0 Å². The third-order valence-corrected chi connectivity index (χ3v) is 1.39. The molecule has 0 bridgehead atoms. The monoisotopic (exact) mass is 132 g/mol. The van der Waals surface area contributed by atoms with Crippen LogP contribution in [0.4, 0.5) is 0 Å². The normalized spacial score (nSPS) is 8.80. The number of phenols is 1. The van der Waals surface area contributed by atoms with E-state index in [0.29, 0.717) is 5.56 Å². The lowest BCUT2D eigenvalue weighted by Crippen LogP contribution is -1.78. The van der Waals surface area contributed by atoms with Crippen molar-refractivity contribution in [2.45, 2.75) is 6.92 Å². The zero-order valence-electron chi connectivity index (χ0n) is 5.76. The highest BCUT2D eigenvalue weighted by atomic mass is 16.3. The highest BCUT2D eigenvalue weighted by Gasteiger charge is 1.97. The van der Waals surface area contributed by atoms with Crippen molar-refractivity contribution in [1.82, 2.24) is 0 Å². The summed E-state index contributed by atoms with van der Waals surface area (Å²) in [6.45, 7) is 1.82. The number of rotatable bonds is 0. The predicted molar refractivity (Wildman–Crippen MR) is 40.8 cm³/mol. The number of phenolic OH excluding ortho intramolecular Hbond substituents is 1. The Morgan fingerprint density at radius 2 is 2.20 bits per heavy atom. The van der Waals surface area contributed by atoms with Crippen LogP contribution in [-0.2, 0) is 0 Å². The first-order chi connectivity index (χ1) is 4.75. The minimum Gasteiger partial charge on any atom is -0.506 e. The lowest BCUT2D eigenvalue weighted by atomic mass is 10.1. The number of aromatic hydroxyl groups is 1. The number of aryl methyl sites for hydroxylation is 1. The molecule has 0 spiro atoms. The molecule has 0 aliphatic rings. The highest BCUT2D eigenvalue weighted by molar-refractivity contribution is 5.48. The van der Waals surface area contributed by atoms with E-state index in [1.807, 2.05) is 19.1 Å². The summed E-state index contributed by atoms with van der Waals surface area (Å²) < 4.78 is 0. The number of hydrogen-bond donors (Lipinski definition) is 1. The summed E-state index contributed by atoms with van der Waals surface area (Å²) in [4.78, 5) is 0. The molecule has 1 heteroatoms. The van der Waals surface area contributed by atoms with Crippen LogP contribution in [-0.4, -0.2) is 5.11 Å². The summed E-state index contributed by atoms with van der Waals surface area (Å²) in [5, 5.41) is 9.26. The van der Waals surface area contributed by atoms with Gasteiger partial charge in [0.25, 0.3) is 0 Å². The van der Waals surface area contributed by atoms with E-state index in [9.17, 15) is 5.11 Å². The third-order valence-electron chi connectivity index (χ3n) is 1.39. The van der Waals surface area contributed by atoms with E-state index in [4.69, 9.17) is 6.42 Å². The van der Waals surface area contributed by atoms with Gasteiger partial charge in [0.1, 0.15) is 5.75 Å². The van der Waals surface area contributed by atoms with Gasteiger partial charge >= 0.3 is 0 Å². The van der Waals surface area contributed by atoms with Crippen LogP contribution in [0, 0.1) is 19.3 Å². The number of hydrogen-bond acceptors (Lipinski definition) is 1. The van der Waals surface area contributed by atoms with Gasteiger partial charge in [0, 0.05) is 0 Å². The van der Waals surface area contributed by atoms with Crippen LogP contribution in [0.3, 0.4) is 0 Å². The molecule has 0 aliphatic heterocycles. The second-order valence-electron chi connectivity index (χ2n) is 2.12. The predicted octanol–water partition coefficient (Wildman–Crippen LogP) is 1.68. The molecule has 10 heavy (non-hydrogen) atoms. The molecule has 1 rings (SSSR count). The maximum absolute atomic E-state index is 9.26. The molecule has 1 aromatic carbocycles. The molecular weight excluding hydrogens is 124 g/mol. The van der Waals surface area contributed by atoms with Crippen LogP contribution >= 0.6 is 0 Å². The van der Waals surface area contributed by atoms with Gasteiger partial charge in [-0.15, -0.1) is 6.42 Å². The summed E-state index contributed by atoms with van der Waals surface area (Å²) >= 11 is 0. The minimum atomic E-state index is 0.213. The van der Waals surface area contributed by atoms with Gasteiger partial charge < -0.3 is 5.11 Å². The zero-order chi connectivity index (χ0) is 7.56. The van der Waals surface area contributed by atoms with Gasteiger partial charge in [-0.05, 0) is 18.6 Å². The van der Waals surface area contributed by atoms with Crippen LogP contribution in [0.2, 0.25) is 0 Å². The first-order valence-electron chi connectivity index (χ1n) is 3.01. The molecule has 1 N–H and O–H groups in total. The smallest absolute Gasteiger partial charge is 0.134 e. The summed E-state index contributed by atoms with van der Waals surface area (Å²) in [6.07, 6.45) is 5.11. The molecule has 0 fully saturated rings. The van der Waals surface area contributed by atoms with Crippen molar-refractivity contribution in [3.63, 3.8) is 0 Å². The summed E-state index contributed by atoms with van der Waals surface area (Å²) in [5.41, 5.74) is 1.37. The Morgan fingerprint density at radius 1 is 1.50 bits per heavy atom. The Balaban J connectivity index is 3.31. The Labute approximate surface area is 60.3 Å². The van der Waals surface area contributed by atoms with E-state index in [1.165, 1.54) is 0 Å². The lowest BCUT2D eigenvalue weighted by molar-refractivity contribution is 0.469. The van der Waals surface area contributed by atoms with E-state index in [0.717, 1.165) is 5.56 Å². The van der Waals surface area contributed by atoms with Gasteiger partial charge in [0.2, 0.25) is 0 Å². The minimum absolute atomic E-state index is 0.213. The molecule has 0 saturated carbocycles. The molecule has 1 aromatic rings. The average Bonchev–Trinajstić information content (AvgIpc) is 1.95. The fraction of sp³-hybridized carbons (Fsp3) is 0.111. The number of terminal acetylenes is 1. The fourth-order valence-electron chi connectivity index (χ4n) is 0.775. The molecule has 0 unspecified atom stereocenters. The zero-order valence-corrected chi connectivity index (χ0v) is 5.76. The van der Waals surface area contributed by atoms with Gasteiger partial charge in [-0.2, -0.15) is 0 Å². The van der Waals surface area contributed by atoms with Crippen molar-refractivity contribution >= 4 is 0 Å². The van der Waals surface area contributed by atoms with Gasteiger partial charge in [-0.1, -0.05) is 18.1 Å². The molecule has 0 aromatic heterocycles. The Hall–Kier alpha value is -1.42. The van der Waals surface area contributed by atoms with Crippen LogP contribution in [0.25, 0.3) is 0 Å². The molecule has 0 amide bonds. The molecule has 50 valence electrons. The molecule has 0 heterocycles. The number of benzene rings is 1. The van der Waals surface area contributed by atoms with E-state index in [-0.39, 0.29) is 5.75 Å². The Morgan fingerprint density at radius 3 is 2.70 bits per heavy atom. The standard InChI is InChI=1S/C9H8O/c1-3-8-6-4-5-7(2)9(8)10/h1,4-6,10H,2H3. The molecule has 0 aliphatic carbocycles. The highest BCUT2D eigenvalue weighted by Crippen LogP contribution is 2.19. The topological polar surface area (TPSA) is 20.2 Å². The molecular formula is C9H8O. The maximum atomic E-state index is 9.26. The second-order valence-corrected chi connectivity index (χ2v) is 2.12. The summed E-state index contributed by atoms with van der Waals surface area (Å²) in [7, 11) is 0. The van der Waals surface area contributed by atoms with Gasteiger partial charge in [0.05, 0.1) is 5.56 Å². The van der Waals surface area contributed by atoms with Crippen molar-refractivity contribution in [2.75, 3.05) is 0 Å². The molecule has 0 atom stereocenters. The van der Waals surface area contributed by atoms with Gasteiger partial charge in [-0.3, -0.25) is 0 Å². The van der Waals surface area contributed by atoms with Crippen molar-refractivity contribution in [3.05, 3.63) is 29.3 Å². The molecule has 1 nitrogen and oxygen atoms in total. The van der Waals surface area contributed by atoms with Crippen molar-refractivity contribution in [2.24, 2.45) is 0 Å². The molecule has 0 radical (unpaired) electrons. The summed E-state index contributed by atoms with van der Waals surface area (Å²) in [6, 6.07) is 5.35. The SMILES string of the molecule is C#Cc1cccc(C)c1O. The Bertz CT molecular complexity index is 281. The Kier molecular flexibility index (Phi) is 1.64. The first kappa shape index (κ1) is 6.70. The van der Waals surface area contributed by atoms with Crippen molar-refractivity contribution < 1.29 is 5.11 Å². The first-order valence-corrected chi connectivity index (χ1v) is 3.01. The summed E-state index contributed by atoms with van der Waals surface area (Å²) in [5.74, 6) is 2.60. The van der Waals surface area contributed by atoms with E-state index in [2.05, 4.69) is 5.92 Å². The van der Waals surface area contributed by atoms with Gasteiger partial charge in [-0.25, -0.2) is 0 Å². The average molecular weight is 132 g/mol. The van der Waals surface area contributed by atoms with E-state index in [1.54, 1.807) is 6.07 Å². The van der Waals surface area contributed by atoms with Crippen molar-refractivity contribution in [3.8, 4) is 18.1 Å². The molecule has 0 saturated heterocycles. The lowest BCUT2D eigenvalue weighted by Gasteiger charge is -1.98. The largest absolute Gasteiger partial charge is 0.506 e.